The molecule has 3 rings (SSSR count). The highest BCUT2D eigenvalue weighted by Gasteiger charge is 2.32. The molecule has 1 saturated heterocycles. The smallest absolute Gasteiger partial charge is 0.227 e. The summed E-state index contributed by atoms with van der Waals surface area (Å²) in [6.07, 6.45) is 8.92. The number of carbonyl (C=O) groups excluding carboxylic acids is 1. The fourth-order valence-corrected chi connectivity index (χ4v) is 2.94. The Morgan fingerprint density at radius 2 is 2.13 bits per heavy atom. The SMILES string of the molecule is CC(C)(C)C(=O)N1CCC(Cc2cnc(-c3ncc[nH]3)cn2)C1. The van der Waals surface area contributed by atoms with Crippen molar-refractivity contribution in [2.24, 2.45) is 11.3 Å². The molecule has 1 N–H and O–H groups in total. The van der Waals surface area contributed by atoms with Crippen molar-refractivity contribution in [1.29, 1.82) is 0 Å². The van der Waals surface area contributed by atoms with E-state index in [1.807, 2.05) is 31.9 Å². The second-order valence-electron chi connectivity index (χ2n) is 7.19. The first-order chi connectivity index (χ1) is 10.9. The number of amides is 1. The van der Waals surface area contributed by atoms with E-state index in [9.17, 15) is 4.79 Å². The highest BCUT2D eigenvalue weighted by molar-refractivity contribution is 5.81. The van der Waals surface area contributed by atoms with Crippen LogP contribution in [0.15, 0.2) is 24.8 Å². The van der Waals surface area contributed by atoms with Crippen LogP contribution in [-0.2, 0) is 11.2 Å². The van der Waals surface area contributed by atoms with Crippen LogP contribution in [0.5, 0.6) is 0 Å². The second kappa shape index (κ2) is 6.10. The monoisotopic (exact) mass is 313 g/mol. The Hall–Kier alpha value is -2.24. The predicted octanol–water partition coefficient (Wildman–Crippen LogP) is 2.30. The fourth-order valence-electron chi connectivity index (χ4n) is 2.94. The van der Waals surface area contributed by atoms with E-state index < -0.39 is 0 Å². The van der Waals surface area contributed by atoms with Crippen LogP contribution >= 0.6 is 0 Å². The van der Waals surface area contributed by atoms with Crippen molar-refractivity contribution in [3.05, 3.63) is 30.5 Å². The summed E-state index contributed by atoms with van der Waals surface area (Å²) < 4.78 is 0. The quantitative estimate of drug-likeness (QED) is 0.943. The molecule has 122 valence electrons. The van der Waals surface area contributed by atoms with Crippen LogP contribution < -0.4 is 0 Å². The van der Waals surface area contributed by atoms with Gasteiger partial charge in [-0.2, -0.15) is 0 Å². The number of imidazole rings is 1. The first-order valence-corrected chi connectivity index (χ1v) is 8.03. The lowest BCUT2D eigenvalue weighted by Gasteiger charge is -2.25. The summed E-state index contributed by atoms with van der Waals surface area (Å²) in [5.41, 5.74) is 1.41. The van der Waals surface area contributed by atoms with E-state index >= 15 is 0 Å². The standard InChI is InChI=1S/C17H23N5O/c1-17(2,3)16(23)22-7-4-12(11-22)8-13-9-21-14(10-20-13)15-18-5-6-19-15/h5-6,9-10,12H,4,7-8,11H2,1-3H3,(H,18,19). The van der Waals surface area contributed by atoms with E-state index in [0.717, 1.165) is 43.1 Å². The Morgan fingerprint density at radius 1 is 1.30 bits per heavy atom. The molecule has 0 spiro atoms. The van der Waals surface area contributed by atoms with Crippen molar-refractivity contribution in [2.75, 3.05) is 13.1 Å². The molecule has 1 atom stereocenters. The average molecular weight is 313 g/mol. The summed E-state index contributed by atoms with van der Waals surface area (Å²) in [4.78, 5) is 30.4. The molecule has 1 fully saturated rings. The van der Waals surface area contributed by atoms with E-state index in [1.54, 1.807) is 18.6 Å². The molecule has 1 aliphatic heterocycles. The van der Waals surface area contributed by atoms with E-state index in [0.29, 0.717) is 5.92 Å². The molecular weight excluding hydrogens is 290 g/mol. The maximum atomic E-state index is 12.3. The van der Waals surface area contributed by atoms with E-state index in [-0.39, 0.29) is 11.3 Å². The van der Waals surface area contributed by atoms with Crippen molar-refractivity contribution in [2.45, 2.75) is 33.6 Å². The number of aromatic nitrogens is 4. The minimum Gasteiger partial charge on any atom is -0.343 e. The van der Waals surface area contributed by atoms with Gasteiger partial charge in [-0.05, 0) is 18.8 Å². The summed E-state index contributed by atoms with van der Waals surface area (Å²) in [6, 6.07) is 0. The number of H-pyrrole nitrogens is 1. The molecular formula is C17H23N5O. The number of aromatic amines is 1. The van der Waals surface area contributed by atoms with E-state index in [2.05, 4.69) is 19.9 Å². The Kier molecular flexibility index (Phi) is 4.15. The molecule has 23 heavy (non-hydrogen) atoms. The Labute approximate surface area is 136 Å². The molecule has 0 bridgehead atoms. The van der Waals surface area contributed by atoms with Crippen LogP contribution in [0.4, 0.5) is 0 Å². The lowest BCUT2D eigenvalue weighted by atomic mass is 9.95. The summed E-state index contributed by atoms with van der Waals surface area (Å²) in [6.45, 7) is 7.58. The number of hydrogen-bond donors (Lipinski definition) is 1. The van der Waals surface area contributed by atoms with Gasteiger partial charge >= 0.3 is 0 Å². The lowest BCUT2D eigenvalue weighted by molar-refractivity contribution is -0.138. The van der Waals surface area contributed by atoms with Gasteiger partial charge in [0, 0.05) is 37.1 Å². The zero-order valence-corrected chi connectivity index (χ0v) is 13.9. The molecule has 6 nitrogen and oxygen atoms in total. The molecule has 3 heterocycles. The maximum Gasteiger partial charge on any atom is 0.227 e. The molecule has 0 saturated carbocycles. The Bertz CT molecular complexity index is 657. The summed E-state index contributed by atoms with van der Waals surface area (Å²) in [5, 5.41) is 0. The molecule has 6 heteroatoms. The van der Waals surface area contributed by atoms with Crippen molar-refractivity contribution < 1.29 is 4.79 Å². The molecule has 1 aliphatic rings. The van der Waals surface area contributed by atoms with Crippen molar-refractivity contribution >= 4 is 5.91 Å². The van der Waals surface area contributed by atoms with E-state index in [1.165, 1.54) is 0 Å². The lowest BCUT2D eigenvalue weighted by Crippen LogP contribution is -2.38. The minimum atomic E-state index is -0.306. The van der Waals surface area contributed by atoms with Crippen LogP contribution in [0.1, 0.15) is 32.9 Å². The first kappa shape index (κ1) is 15.6. The van der Waals surface area contributed by atoms with Gasteiger partial charge in [-0.1, -0.05) is 20.8 Å². The van der Waals surface area contributed by atoms with Gasteiger partial charge in [0.2, 0.25) is 5.91 Å². The van der Waals surface area contributed by atoms with Crippen LogP contribution in [0.25, 0.3) is 11.5 Å². The van der Waals surface area contributed by atoms with Gasteiger partial charge in [-0.25, -0.2) is 9.97 Å². The van der Waals surface area contributed by atoms with Crippen LogP contribution in [-0.4, -0.2) is 43.8 Å². The highest BCUT2D eigenvalue weighted by Crippen LogP contribution is 2.25. The van der Waals surface area contributed by atoms with Gasteiger partial charge in [-0.3, -0.25) is 9.78 Å². The van der Waals surface area contributed by atoms with Crippen LogP contribution in [0.2, 0.25) is 0 Å². The number of carbonyl (C=O) groups is 1. The zero-order chi connectivity index (χ0) is 16.4. The third-order valence-corrected chi connectivity index (χ3v) is 4.16. The normalized spacial score (nSPS) is 18.4. The van der Waals surface area contributed by atoms with Crippen molar-refractivity contribution in [3.8, 4) is 11.5 Å². The Morgan fingerprint density at radius 3 is 2.74 bits per heavy atom. The average Bonchev–Trinajstić information content (AvgIpc) is 3.17. The summed E-state index contributed by atoms with van der Waals surface area (Å²) in [5.74, 6) is 1.43. The molecule has 0 aliphatic carbocycles. The maximum absolute atomic E-state index is 12.3. The van der Waals surface area contributed by atoms with Gasteiger partial charge in [0.25, 0.3) is 0 Å². The van der Waals surface area contributed by atoms with Crippen LogP contribution in [0.3, 0.4) is 0 Å². The number of rotatable bonds is 3. The number of nitrogens with zero attached hydrogens (tertiary/aromatic N) is 4. The van der Waals surface area contributed by atoms with Crippen molar-refractivity contribution in [1.82, 2.24) is 24.8 Å². The third kappa shape index (κ3) is 3.57. The van der Waals surface area contributed by atoms with Crippen molar-refractivity contribution in [3.63, 3.8) is 0 Å². The number of nitrogens with one attached hydrogen (secondary N) is 1. The molecule has 2 aromatic heterocycles. The van der Waals surface area contributed by atoms with Gasteiger partial charge in [0.15, 0.2) is 5.82 Å². The third-order valence-electron chi connectivity index (χ3n) is 4.16. The van der Waals surface area contributed by atoms with Gasteiger partial charge in [0.1, 0.15) is 5.69 Å². The molecule has 1 amide bonds. The first-order valence-electron chi connectivity index (χ1n) is 8.03. The molecule has 2 aromatic rings. The minimum absolute atomic E-state index is 0.235. The number of hydrogen-bond acceptors (Lipinski definition) is 4. The number of likely N-dealkylation sites (tertiary alicyclic amines) is 1. The Balaban J connectivity index is 1.59. The molecule has 0 radical (unpaired) electrons. The van der Waals surface area contributed by atoms with E-state index in [4.69, 9.17) is 0 Å². The van der Waals surface area contributed by atoms with Gasteiger partial charge < -0.3 is 9.88 Å². The topological polar surface area (TPSA) is 74.8 Å². The molecule has 0 aromatic carbocycles. The highest BCUT2D eigenvalue weighted by atomic mass is 16.2. The summed E-state index contributed by atoms with van der Waals surface area (Å²) in [7, 11) is 0. The zero-order valence-electron chi connectivity index (χ0n) is 13.9. The van der Waals surface area contributed by atoms with Gasteiger partial charge in [0.05, 0.1) is 11.9 Å². The fraction of sp³-hybridized carbons (Fsp3) is 0.529. The predicted molar refractivity (Wildman–Crippen MR) is 87.5 cm³/mol. The molecule has 1 unspecified atom stereocenters. The van der Waals surface area contributed by atoms with Crippen LogP contribution in [0, 0.1) is 11.3 Å². The largest absolute Gasteiger partial charge is 0.343 e. The second-order valence-corrected chi connectivity index (χ2v) is 7.19. The van der Waals surface area contributed by atoms with Gasteiger partial charge in [-0.15, -0.1) is 0 Å². The summed E-state index contributed by atoms with van der Waals surface area (Å²) >= 11 is 0.